The summed E-state index contributed by atoms with van der Waals surface area (Å²) in [4.78, 5) is 23.2. The van der Waals surface area contributed by atoms with E-state index in [1.54, 1.807) is 0 Å². The van der Waals surface area contributed by atoms with Gasteiger partial charge in [-0.15, -0.1) is 0 Å². The van der Waals surface area contributed by atoms with Gasteiger partial charge in [0, 0.05) is 18.1 Å². The summed E-state index contributed by atoms with van der Waals surface area (Å²) in [7, 11) is 0. The fraction of sp³-hybridized carbons (Fsp3) is 0.579. The summed E-state index contributed by atoms with van der Waals surface area (Å²) in [6.45, 7) is 3.75. The van der Waals surface area contributed by atoms with Gasteiger partial charge < -0.3 is 15.2 Å². The highest BCUT2D eigenvalue weighted by Crippen LogP contribution is 2.39. The molecule has 4 rings (SSSR count). The molecule has 1 saturated carbocycles. The van der Waals surface area contributed by atoms with Crippen molar-refractivity contribution in [2.45, 2.75) is 45.1 Å². The highest BCUT2D eigenvalue weighted by Gasteiger charge is 2.42. The van der Waals surface area contributed by atoms with E-state index < -0.39 is 0 Å². The summed E-state index contributed by atoms with van der Waals surface area (Å²) in [5.74, 6) is 0.222. The van der Waals surface area contributed by atoms with Crippen molar-refractivity contribution in [3.8, 4) is 0 Å². The predicted octanol–water partition coefficient (Wildman–Crippen LogP) is 2.84. The lowest BCUT2D eigenvalue weighted by atomic mass is 9.84. The van der Waals surface area contributed by atoms with Gasteiger partial charge in [0.05, 0.1) is 17.7 Å². The molecule has 5 heteroatoms. The molecule has 0 spiro atoms. The molecule has 5 nitrogen and oxygen atoms in total. The highest BCUT2D eigenvalue weighted by molar-refractivity contribution is 5.83. The third-order valence-electron chi connectivity index (χ3n) is 5.66. The molecule has 0 aromatic carbocycles. The number of nitrogens with one attached hydrogen (secondary N) is 2. The molecule has 1 saturated heterocycles. The Morgan fingerprint density at radius 1 is 1.17 bits per heavy atom. The number of H-pyrrole nitrogens is 1. The Morgan fingerprint density at radius 2 is 1.96 bits per heavy atom. The smallest absolute Gasteiger partial charge is 0.227 e. The Hall–Kier alpha value is -1.88. The van der Waals surface area contributed by atoms with Crippen LogP contribution in [0.4, 0.5) is 0 Å². The maximum atomic E-state index is 13.0. The summed E-state index contributed by atoms with van der Waals surface area (Å²) in [5, 5.41) is 4.27. The quantitative estimate of drug-likeness (QED) is 0.888. The van der Waals surface area contributed by atoms with Crippen molar-refractivity contribution in [3.63, 3.8) is 0 Å². The first-order valence-electron chi connectivity index (χ1n) is 9.19. The van der Waals surface area contributed by atoms with Crippen molar-refractivity contribution in [3.05, 3.63) is 30.1 Å². The zero-order valence-electron chi connectivity index (χ0n) is 14.2. The minimum atomic E-state index is -0.180. The molecule has 0 bridgehead atoms. The zero-order valence-corrected chi connectivity index (χ0v) is 14.2. The third kappa shape index (κ3) is 3.05. The minimum Gasteiger partial charge on any atom is -0.350 e. The Balaban J connectivity index is 1.42. The molecule has 2 N–H and O–H groups in total. The summed E-state index contributed by atoms with van der Waals surface area (Å²) in [5.41, 5.74) is 1.61. The van der Waals surface area contributed by atoms with E-state index in [-0.39, 0.29) is 11.3 Å². The van der Waals surface area contributed by atoms with Crippen molar-refractivity contribution in [2.75, 3.05) is 19.6 Å². The van der Waals surface area contributed by atoms with Crippen LogP contribution in [0.2, 0.25) is 0 Å². The fourth-order valence-corrected chi connectivity index (χ4v) is 4.31. The molecule has 128 valence electrons. The van der Waals surface area contributed by atoms with Crippen LogP contribution in [-0.2, 0) is 11.3 Å². The second-order valence-corrected chi connectivity index (χ2v) is 7.37. The first-order valence-corrected chi connectivity index (χ1v) is 9.19. The first kappa shape index (κ1) is 15.6. The number of pyridine rings is 1. The van der Waals surface area contributed by atoms with E-state index in [1.165, 1.54) is 25.7 Å². The minimum absolute atomic E-state index is 0.180. The molecule has 1 amide bonds. The number of likely N-dealkylation sites (tertiary alicyclic amines) is 1. The van der Waals surface area contributed by atoms with Crippen molar-refractivity contribution >= 4 is 16.9 Å². The van der Waals surface area contributed by atoms with Crippen molar-refractivity contribution in [1.82, 2.24) is 20.2 Å². The maximum Gasteiger partial charge on any atom is 0.227 e. The molecule has 2 fully saturated rings. The number of nitrogens with zero attached hydrogens (tertiary/aromatic N) is 2. The van der Waals surface area contributed by atoms with Crippen molar-refractivity contribution in [1.29, 1.82) is 0 Å². The van der Waals surface area contributed by atoms with Gasteiger partial charge in [-0.25, -0.2) is 4.98 Å². The van der Waals surface area contributed by atoms with Gasteiger partial charge in [-0.05, 0) is 57.0 Å². The van der Waals surface area contributed by atoms with Crippen molar-refractivity contribution in [2.24, 2.45) is 5.41 Å². The average Bonchev–Trinajstić information content (AvgIpc) is 3.34. The average molecular weight is 326 g/mol. The summed E-state index contributed by atoms with van der Waals surface area (Å²) >= 11 is 0. The monoisotopic (exact) mass is 326 g/mol. The Bertz CT molecular complexity index is 711. The van der Waals surface area contributed by atoms with Gasteiger partial charge in [0.15, 0.2) is 0 Å². The lowest BCUT2D eigenvalue weighted by Gasteiger charge is -2.32. The lowest BCUT2D eigenvalue weighted by Crippen LogP contribution is -2.46. The van der Waals surface area contributed by atoms with E-state index >= 15 is 0 Å². The second kappa shape index (κ2) is 6.55. The van der Waals surface area contributed by atoms with Gasteiger partial charge in [0.25, 0.3) is 0 Å². The van der Waals surface area contributed by atoms with Crippen LogP contribution >= 0.6 is 0 Å². The number of aromatic amines is 1. The molecule has 24 heavy (non-hydrogen) atoms. The standard InChI is InChI=1S/C19H26N4O/c24-18(19(8-1-2-9-19)14-23-11-3-4-12-23)21-13-16-6-5-15-7-10-20-17(15)22-16/h5-7,10H,1-4,8-9,11-14H2,(H,20,22)(H,21,24). The third-order valence-corrected chi connectivity index (χ3v) is 5.66. The molecule has 2 aromatic rings. The van der Waals surface area contributed by atoms with Gasteiger partial charge in [0.1, 0.15) is 5.65 Å². The maximum absolute atomic E-state index is 13.0. The molecule has 0 unspecified atom stereocenters. The summed E-state index contributed by atoms with van der Waals surface area (Å²) in [6.07, 6.45) is 8.85. The van der Waals surface area contributed by atoms with Crippen LogP contribution in [-0.4, -0.2) is 40.4 Å². The molecular weight excluding hydrogens is 300 g/mol. The number of rotatable bonds is 5. The first-order chi connectivity index (χ1) is 11.8. The summed E-state index contributed by atoms with van der Waals surface area (Å²) < 4.78 is 0. The molecule has 0 radical (unpaired) electrons. The summed E-state index contributed by atoms with van der Waals surface area (Å²) in [6, 6.07) is 6.06. The number of amides is 1. The Labute approximate surface area is 142 Å². The van der Waals surface area contributed by atoms with E-state index in [1.807, 2.05) is 18.3 Å². The zero-order chi connectivity index (χ0) is 16.4. The molecular formula is C19H26N4O. The fourth-order valence-electron chi connectivity index (χ4n) is 4.31. The van der Waals surface area contributed by atoms with Crippen LogP contribution in [0.15, 0.2) is 24.4 Å². The van der Waals surface area contributed by atoms with E-state index in [0.717, 1.165) is 49.2 Å². The van der Waals surface area contributed by atoms with Crippen molar-refractivity contribution < 1.29 is 4.79 Å². The SMILES string of the molecule is O=C(NCc1ccc2cc[nH]c2n1)C1(CN2CCCC2)CCCC1. The highest BCUT2D eigenvalue weighted by atomic mass is 16.2. The topological polar surface area (TPSA) is 61.0 Å². The largest absolute Gasteiger partial charge is 0.350 e. The Morgan fingerprint density at radius 3 is 2.75 bits per heavy atom. The molecule has 0 atom stereocenters. The molecule has 2 aliphatic rings. The van der Waals surface area contributed by atoms with Crippen LogP contribution in [0.25, 0.3) is 11.0 Å². The Kier molecular flexibility index (Phi) is 4.27. The normalized spacial score (nSPS) is 20.7. The van der Waals surface area contributed by atoms with E-state index in [4.69, 9.17) is 0 Å². The van der Waals surface area contributed by atoms with Gasteiger partial charge in [-0.3, -0.25) is 4.79 Å². The van der Waals surface area contributed by atoms with Crippen LogP contribution in [0.1, 0.15) is 44.2 Å². The number of aromatic nitrogens is 2. The molecule has 1 aliphatic carbocycles. The van der Waals surface area contributed by atoms with E-state index in [2.05, 4.69) is 26.3 Å². The van der Waals surface area contributed by atoms with Gasteiger partial charge in [0.2, 0.25) is 5.91 Å². The molecule has 2 aromatic heterocycles. The van der Waals surface area contributed by atoms with Crippen LogP contribution in [0.3, 0.4) is 0 Å². The number of hydrogen-bond acceptors (Lipinski definition) is 3. The van der Waals surface area contributed by atoms with Crippen LogP contribution < -0.4 is 5.32 Å². The lowest BCUT2D eigenvalue weighted by molar-refractivity contribution is -0.132. The number of carbonyl (C=O) groups is 1. The van der Waals surface area contributed by atoms with Gasteiger partial charge in [-0.2, -0.15) is 0 Å². The second-order valence-electron chi connectivity index (χ2n) is 7.37. The molecule has 3 heterocycles. The number of carbonyl (C=O) groups excluding carboxylic acids is 1. The number of hydrogen-bond donors (Lipinski definition) is 2. The van der Waals surface area contributed by atoms with Crippen LogP contribution in [0, 0.1) is 5.41 Å². The van der Waals surface area contributed by atoms with E-state index in [0.29, 0.717) is 6.54 Å². The van der Waals surface area contributed by atoms with Crippen LogP contribution in [0.5, 0.6) is 0 Å². The van der Waals surface area contributed by atoms with Gasteiger partial charge >= 0.3 is 0 Å². The van der Waals surface area contributed by atoms with Gasteiger partial charge in [-0.1, -0.05) is 12.8 Å². The number of fused-ring (bicyclic) bond motifs is 1. The molecule has 1 aliphatic heterocycles. The van der Waals surface area contributed by atoms with E-state index in [9.17, 15) is 4.79 Å². The predicted molar refractivity (Wildman–Crippen MR) is 94.5 cm³/mol.